The Morgan fingerprint density at radius 3 is 2.50 bits per heavy atom. The highest BCUT2D eigenvalue weighted by Gasteiger charge is 2.07. The van der Waals surface area contributed by atoms with Crippen molar-refractivity contribution in [1.82, 2.24) is 10.2 Å². The third kappa shape index (κ3) is 5.10. The van der Waals surface area contributed by atoms with Crippen molar-refractivity contribution in [3.05, 3.63) is 35.4 Å². The van der Waals surface area contributed by atoms with Gasteiger partial charge in [0.2, 0.25) is 0 Å². The van der Waals surface area contributed by atoms with Crippen LogP contribution in [0.2, 0.25) is 0 Å². The van der Waals surface area contributed by atoms with E-state index in [0.29, 0.717) is 12.6 Å². The summed E-state index contributed by atoms with van der Waals surface area (Å²) in [6, 6.07) is 4.56. The number of rotatable bonds is 7. The summed E-state index contributed by atoms with van der Waals surface area (Å²) >= 11 is 0. The Kier molecular flexibility index (Phi) is 6.22. The summed E-state index contributed by atoms with van der Waals surface area (Å²) in [4.78, 5) is 2.20. The van der Waals surface area contributed by atoms with Crippen LogP contribution in [0.25, 0.3) is 0 Å². The summed E-state index contributed by atoms with van der Waals surface area (Å²) in [5, 5.41) is 3.34. The van der Waals surface area contributed by atoms with Gasteiger partial charge in [-0.15, -0.1) is 0 Å². The van der Waals surface area contributed by atoms with Crippen molar-refractivity contribution in [2.45, 2.75) is 33.4 Å². The van der Waals surface area contributed by atoms with Crippen LogP contribution in [0.3, 0.4) is 0 Å². The summed E-state index contributed by atoms with van der Waals surface area (Å²) in [5.41, 5.74) is 0.806. The molecule has 18 heavy (non-hydrogen) atoms. The Morgan fingerprint density at radius 1 is 1.22 bits per heavy atom. The molecular weight excluding hydrogens is 234 g/mol. The van der Waals surface area contributed by atoms with Crippen molar-refractivity contribution in [1.29, 1.82) is 0 Å². The molecule has 0 aliphatic rings. The van der Waals surface area contributed by atoms with Gasteiger partial charge >= 0.3 is 0 Å². The van der Waals surface area contributed by atoms with Crippen molar-refractivity contribution in [3.63, 3.8) is 0 Å². The van der Waals surface area contributed by atoms with E-state index in [1.54, 1.807) is 6.07 Å². The first-order chi connectivity index (χ1) is 8.52. The van der Waals surface area contributed by atoms with Crippen LogP contribution < -0.4 is 5.32 Å². The number of hydrogen-bond acceptors (Lipinski definition) is 2. The fourth-order valence-corrected chi connectivity index (χ4v) is 1.76. The molecule has 0 saturated carbocycles. The van der Waals surface area contributed by atoms with Gasteiger partial charge < -0.3 is 5.32 Å². The fraction of sp³-hybridized carbons (Fsp3) is 0.571. The molecule has 0 saturated heterocycles. The minimum atomic E-state index is -0.789. The van der Waals surface area contributed by atoms with Gasteiger partial charge in [-0.2, -0.15) is 0 Å². The molecule has 1 aromatic rings. The molecule has 102 valence electrons. The van der Waals surface area contributed by atoms with Crippen molar-refractivity contribution in [3.8, 4) is 0 Å². The summed E-state index contributed by atoms with van der Waals surface area (Å²) < 4.78 is 25.9. The normalized spacial score (nSPS) is 11.5. The predicted molar refractivity (Wildman–Crippen MR) is 70.4 cm³/mol. The van der Waals surface area contributed by atoms with E-state index in [-0.39, 0.29) is 0 Å². The average Bonchev–Trinajstić information content (AvgIpc) is 2.32. The maximum atomic E-state index is 13.1. The molecule has 1 aromatic carbocycles. The van der Waals surface area contributed by atoms with E-state index in [1.165, 1.54) is 12.1 Å². The third-order valence-electron chi connectivity index (χ3n) is 2.82. The van der Waals surface area contributed by atoms with Crippen LogP contribution in [-0.4, -0.2) is 30.6 Å². The van der Waals surface area contributed by atoms with E-state index < -0.39 is 11.6 Å². The quantitative estimate of drug-likeness (QED) is 0.807. The summed E-state index contributed by atoms with van der Waals surface area (Å²) in [6.45, 7) is 9.60. The molecule has 0 heterocycles. The minimum Gasteiger partial charge on any atom is -0.313 e. The van der Waals surface area contributed by atoms with E-state index in [9.17, 15) is 8.78 Å². The zero-order valence-electron chi connectivity index (χ0n) is 11.3. The van der Waals surface area contributed by atoms with Crippen LogP contribution in [0.15, 0.2) is 18.2 Å². The van der Waals surface area contributed by atoms with Crippen LogP contribution >= 0.6 is 0 Å². The molecule has 4 heteroatoms. The molecule has 0 aliphatic carbocycles. The highest BCUT2D eigenvalue weighted by Crippen LogP contribution is 2.10. The summed E-state index contributed by atoms with van der Waals surface area (Å²) in [6.07, 6.45) is 0. The Hall–Kier alpha value is -1.00. The van der Waals surface area contributed by atoms with Gasteiger partial charge in [-0.3, -0.25) is 4.90 Å². The van der Waals surface area contributed by atoms with Crippen molar-refractivity contribution >= 4 is 0 Å². The van der Waals surface area contributed by atoms with Crippen LogP contribution in [0.4, 0.5) is 8.78 Å². The smallest absolute Gasteiger partial charge is 0.159 e. The fourth-order valence-electron chi connectivity index (χ4n) is 1.76. The molecule has 0 bridgehead atoms. The number of hydrogen-bond donors (Lipinski definition) is 1. The highest BCUT2D eigenvalue weighted by molar-refractivity contribution is 5.17. The topological polar surface area (TPSA) is 15.3 Å². The Labute approximate surface area is 108 Å². The van der Waals surface area contributed by atoms with Gasteiger partial charge in [-0.05, 0) is 24.2 Å². The molecule has 0 fully saturated rings. The lowest BCUT2D eigenvalue weighted by atomic mass is 10.2. The molecule has 0 radical (unpaired) electrons. The molecular formula is C14H22F2N2. The van der Waals surface area contributed by atoms with Gasteiger partial charge in [0.1, 0.15) is 0 Å². The van der Waals surface area contributed by atoms with Crippen LogP contribution in [0.5, 0.6) is 0 Å². The molecule has 0 unspecified atom stereocenters. The van der Waals surface area contributed by atoms with E-state index >= 15 is 0 Å². The van der Waals surface area contributed by atoms with Crippen molar-refractivity contribution in [2.24, 2.45) is 0 Å². The first kappa shape index (κ1) is 15.1. The minimum absolute atomic E-state index is 0.465. The summed E-state index contributed by atoms with van der Waals surface area (Å²) in [5.74, 6) is -1.56. The van der Waals surface area contributed by atoms with Gasteiger partial charge in [0, 0.05) is 25.7 Å². The van der Waals surface area contributed by atoms with Crippen molar-refractivity contribution in [2.75, 3.05) is 19.6 Å². The number of likely N-dealkylation sites (N-methyl/N-ethyl adjacent to an activating group) is 1. The standard InChI is InChI=1S/C14H22F2N2/c1-4-18(8-7-17-11(2)3)10-12-5-6-13(15)14(16)9-12/h5-6,9,11,17H,4,7-8,10H2,1-3H3. The summed E-state index contributed by atoms with van der Waals surface area (Å²) in [7, 11) is 0. The molecule has 2 nitrogen and oxygen atoms in total. The van der Waals surface area contributed by atoms with Crippen LogP contribution in [-0.2, 0) is 6.54 Å². The molecule has 0 spiro atoms. The van der Waals surface area contributed by atoms with Crippen LogP contribution in [0, 0.1) is 11.6 Å². The molecule has 1 rings (SSSR count). The largest absolute Gasteiger partial charge is 0.313 e. The van der Waals surface area contributed by atoms with Crippen molar-refractivity contribution < 1.29 is 8.78 Å². The maximum Gasteiger partial charge on any atom is 0.159 e. The van der Waals surface area contributed by atoms with E-state index in [4.69, 9.17) is 0 Å². The van der Waals surface area contributed by atoms with Gasteiger partial charge in [0.05, 0.1) is 0 Å². The molecule has 1 N–H and O–H groups in total. The van der Waals surface area contributed by atoms with Crippen LogP contribution in [0.1, 0.15) is 26.3 Å². The third-order valence-corrected chi connectivity index (χ3v) is 2.82. The second-order valence-electron chi connectivity index (χ2n) is 4.73. The van der Waals surface area contributed by atoms with Gasteiger partial charge in [-0.1, -0.05) is 26.8 Å². The Balaban J connectivity index is 2.49. The number of benzene rings is 1. The van der Waals surface area contributed by atoms with E-state index in [1.807, 2.05) is 0 Å². The monoisotopic (exact) mass is 256 g/mol. The van der Waals surface area contributed by atoms with E-state index in [0.717, 1.165) is 25.2 Å². The van der Waals surface area contributed by atoms with E-state index in [2.05, 4.69) is 31.0 Å². The molecule has 0 aliphatic heterocycles. The zero-order chi connectivity index (χ0) is 13.5. The lowest BCUT2D eigenvalue weighted by Gasteiger charge is -2.21. The first-order valence-corrected chi connectivity index (χ1v) is 6.42. The molecule has 0 amide bonds. The highest BCUT2D eigenvalue weighted by atomic mass is 19.2. The van der Waals surface area contributed by atoms with Gasteiger partial charge in [0.25, 0.3) is 0 Å². The second kappa shape index (κ2) is 7.44. The Bertz CT molecular complexity index is 367. The number of nitrogens with one attached hydrogen (secondary N) is 1. The Morgan fingerprint density at radius 2 is 1.94 bits per heavy atom. The number of halogens is 2. The zero-order valence-corrected chi connectivity index (χ0v) is 11.3. The first-order valence-electron chi connectivity index (χ1n) is 6.42. The SMILES string of the molecule is CCN(CCNC(C)C)Cc1ccc(F)c(F)c1. The van der Waals surface area contributed by atoms with Gasteiger partial charge in [-0.25, -0.2) is 8.78 Å². The molecule has 0 atom stereocenters. The lowest BCUT2D eigenvalue weighted by molar-refractivity contribution is 0.275. The second-order valence-corrected chi connectivity index (χ2v) is 4.73. The number of nitrogens with zero attached hydrogens (tertiary/aromatic N) is 1. The lowest BCUT2D eigenvalue weighted by Crippen LogP contribution is -2.34. The molecule has 0 aromatic heterocycles. The maximum absolute atomic E-state index is 13.1. The van der Waals surface area contributed by atoms with Gasteiger partial charge in [0.15, 0.2) is 11.6 Å². The predicted octanol–water partition coefficient (Wildman–Crippen LogP) is 2.78. The average molecular weight is 256 g/mol.